The molecule has 1 aromatic carbocycles. The highest BCUT2D eigenvalue weighted by atomic mass is 16.5. The first-order valence-corrected chi connectivity index (χ1v) is 7.80. The van der Waals surface area contributed by atoms with Crippen LogP contribution in [0, 0.1) is 6.92 Å². The fourth-order valence-electron chi connectivity index (χ4n) is 2.74. The molecule has 2 heterocycles. The number of pyridine rings is 1. The molecule has 0 saturated heterocycles. The van der Waals surface area contributed by atoms with Gasteiger partial charge in [-0.2, -0.15) is 0 Å². The number of hydrogen-bond donors (Lipinski definition) is 1. The summed E-state index contributed by atoms with van der Waals surface area (Å²) < 4.78 is 7.39. The molecule has 24 heavy (non-hydrogen) atoms. The second-order valence-corrected chi connectivity index (χ2v) is 5.65. The number of nitrogens with one attached hydrogen (secondary N) is 1. The second-order valence-electron chi connectivity index (χ2n) is 5.65. The van der Waals surface area contributed by atoms with Crippen LogP contribution < -0.4 is 10.1 Å². The molecule has 3 aromatic rings. The Bertz CT molecular complexity index is 915. The monoisotopic (exact) mass is 324 g/mol. The van der Waals surface area contributed by atoms with Gasteiger partial charge in [-0.25, -0.2) is 9.97 Å². The van der Waals surface area contributed by atoms with E-state index in [4.69, 9.17) is 9.72 Å². The summed E-state index contributed by atoms with van der Waals surface area (Å²) in [5.41, 5.74) is 4.15. The third kappa shape index (κ3) is 2.71. The number of imidazole rings is 1. The minimum absolute atomic E-state index is 0.0492. The maximum Gasteiger partial charge on any atom is 0.224 e. The number of aromatic nitrogens is 3. The molecule has 3 rings (SSSR count). The van der Waals surface area contributed by atoms with Gasteiger partial charge in [-0.05, 0) is 30.7 Å². The van der Waals surface area contributed by atoms with Crippen molar-refractivity contribution in [3.63, 3.8) is 0 Å². The van der Waals surface area contributed by atoms with Crippen LogP contribution >= 0.6 is 0 Å². The topological polar surface area (TPSA) is 69.0 Å². The second kappa shape index (κ2) is 6.31. The Kier molecular flexibility index (Phi) is 4.20. The molecule has 0 aliphatic carbocycles. The Hall–Kier alpha value is -2.89. The van der Waals surface area contributed by atoms with Gasteiger partial charge in [0.1, 0.15) is 5.75 Å². The number of rotatable bonds is 4. The number of amides is 1. The summed E-state index contributed by atoms with van der Waals surface area (Å²) in [6, 6.07) is 5.69. The zero-order valence-electron chi connectivity index (χ0n) is 14.3. The zero-order valence-corrected chi connectivity index (χ0v) is 14.3. The van der Waals surface area contributed by atoms with Crippen molar-refractivity contribution in [2.24, 2.45) is 7.05 Å². The molecule has 0 aliphatic heterocycles. The van der Waals surface area contributed by atoms with E-state index in [-0.39, 0.29) is 5.91 Å². The summed E-state index contributed by atoms with van der Waals surface area (Å²) in [5.74, 6) is 0.688. The van der Waals surface area contributed by atoms with Crippen LogP contribution in [-0.2, 0) is 11.8 Å². The van der Waals surface area contributed by atoms with Gasteiger partial charge in [0, 0.05) is 18.9 Å². The maximum absolute atomic E-state index is 11.8. The molecule has 0 fully saturated rings. The Morgan fingerprint density at radius 1 is 1.38 bits per heavy atom. The van der Waals surface area contributed by atoms with Crippen molar-refractivity contribution in [1.82, 2.24) is 14.5 Å². The van der Waals surface area contributed by atoms with E-state index in [9.17, 15) is 4.79 Å². The van der Waals surface area contributed by atoms with E-state index in [0.717, 1.165) is 28.1 Å². The highest BCUT2D eigenvalue weighted by molar-refractivity contribution is 6.04. The molecule has 0 unspecified atom stereocenters. The average Bonchev–Trinajstić information content (AvgIpc) is 3.01. The van der Waals surface area contributed by atoms with Gasteiger partial charge in [0.05, 0.1) is 42.2 Å². The van der Waals surface area contributed by atoms with E-state index in [1.54, 1.807) is 19.6 Å². The van der Waals surface area contributed by atoms with E-state index >= 15 is 0 Å². The van der Waals surface area contributed by atoms with Crippen LogP contribution in [0.4, 0.5) is 5.69 Å². The van der Waals surface area contributed by atoms with Crippen molar-refractivity contribution in [3.8, 4) is 17.1 Å². The van der Waals surface area contributed by atoms with E-state index < -0.39 is 0 Å². The van der Waals surface area contributed by atoms with E-state index in [0.29, 0.717) is 17.6 Å². The number of fused-ring (bicyclic) bond motifs is 1. The number of anilines is 1. The lowest BCUT2D eigenvalue weighted by Crippen LogP contribution is -2.10. The first kappa shape index (κ1) is 16.0. The van der Waals surface area contributed by atoms with Crippen LogP contribution in [-0.4, -0.2) is 27.6 Å². The van der Waals surface area contributed by atoms with Crippen LogP contribution in [0.1, 0.15) is 18.9 Å². The van der Waals surface area contributed by atoms with E-state index in [1.807, 2.05) is 43.7 Å². The number of carbonyl (C=O) groups is 1. The largest absolute Gasteiger partial charge is 0.496 e. The number of aryl methyl sites for hydroxylation is 2. The lowest BCUT2D eigenvalue weighted by Gasteiger charge is -2.14. The van der Waals surface area contributed by atoms with Gasteiger partial charge < -0.3 is 14.6 Å². The Morgan fingerprint density at radius 2 is 2.17 bits per heavy atom. The van der Waals surface area contributed by atoms with Crippen molar-refractivity contribution >= 4 is 22.5 Å². The molecule has 2 aromatic heterocycles. The molecule has 0 radical (unpaired) electrons. The van der Waals surface area contributed by atoms with Crippen LogP contribution in [0.15, 0.2) is 30.7 Å². The average molecular weight is 324 g/mol. The molecule has 0 saturated carbocycles. The highest BCUT2D eigenvalue weighted by Crippen LogP contribution is 2.35. The molecule has 1 amide bonds. The van der Waals surface area contributed by atoms with Gasteiger partial charge in [0.15, 0.2) is 0 Å². The Labute approximate surface area is 140 Å². The van der Waals surface area contributed by atoms with Gasteiger partial charge in [-0.1, -0.05) is 6.92 Å². The molecule has 6 heteroatoms. The van der Waals surface area contributed by atoms with Gasteiger partial charge in [-0.3, -0.25) is 4.79 Å². The number of hydrogen-bond acceptors (Lipinski definition) is 4. The number of carbonyl (C=O) groups excluding carboxylic acids is 1. The van der Waals surface area contributed by atoms with Crippen molar-refractivity contribution in [3.05, 3.63) is 36.3 Å². The number of nitrogens with zero attached hydrogens (tertiary/aromatic N) is 3. The van der Waals surface area contributed by atoms with Crippen LogP contribution in [0.2, 0.25) is 0 Å². The third-order valence-corrected chi connectivity index (χ3v) is 4.01. The SMILES string of the molecule is CCC(=O)Nc1ccc(OC)c2c(C)cc(-c3cncn3C)nc12. The van der Waals surface area contributed by atoms with Gasteiger partial charge in [0.2, 0.25) is 5.91 Å². The molecule has 0 aliphatic rings. The minimum Gasteiger partial charge on any atom is -0.496 e. The summed E-state index contributed by atoms with van der Waals surface area (Å²) >= 11 is 0. The molecule has 0 bridgehead atoms. The molecule has 0 spiro atoms. The smallest absolute Gasteiger partial charge is 0.224 e. The van der Waals surface area contributed by atoms with Crippen molar-refractivity contribution in [1.29, 1.82) is 0 Å². The van der Waals surface area contributed by atoms with Gasteiger partial charge in [0.25, 0.3) is 0 Å². The molecule has 6 nitrogen and oxygen atoms in total. The first-order chi connectivity index (χ1) is 11.5. The predicted molar refractivity (Wildman–Crippen MR) is 94.2 cm³/mol. The highest BCUT2D eigenvalue weighted by Gasteiger charge is 2.15. The van der Waals surface area contributed by atoms with Crippen molar-refractivity contribution < 1.29 is 9.53 Å². The quantitative estimate of drug-likeness (QED) is 0.799. The van der Waals surface area contributed by atoms with Crippen LogP contribution in [0.5, 0.6) is 5.75 Å². The zero-order chi connectivity index (χ0) is 17.3. The van der Waals surface area contributed by atoms with E-state index in [1.165, 1.54) is 0 Å². The molecule has 124 valence electrons. The van der Waals surface area contributed by atoms with Gasteiger partial charge in [-0.15, -0.1) is 0 Å². The summed E-state index contributed by atoms with van der Waals surface area (Å²) in [4.78, 5) is 20.8. The maximum atomic E-state index is 11.8. The molecule has 0 atom stereocenters. The molecular weight excluding hydrogens is 304 g/mol. The normalized spacial score (nSPS) is 10.8. The third-order valence-electron chi connectivity index (χ3n) is 4.01. The lowest BCUT2D eigenvalue weighted by molar-refractivity contribution is -0.115. The Morgan fingerprint density at radius 3 is 2.79 bits per heavy atom. The Balaban J connectivity index is 2.28. The van der Waals surface area contributed by atoms with Crippen LogP contribution in [0.25, 0.3) is 22.3 Å². The summed E-state index contributed by atoms with van der Waals surface area (Å²) in [6.45, 7) is 3.83. The molecule has 1 N–H and O–H groups in total. The summed E-state index contributed by atoms with van der Waals surface area (Å²) in [6.07, 6.45) is 3.92. The standard InChI is InChI=1S/C18H20N4O2/c1-5-16(23)20-12-6-7-15(24-4)17-11(2)8-13(21-18(12)17)14-9-19-10-22(14)3/h6-10H,5H2,1-4H3,(H,20,23). The van der Waals surface area contributed by atoms with E-state index in [2.05, 4.69) is 10.3 Å². The summed E-state index contributed by atoms with van der Waals surface area (Å²) in [5, 5.41) is 3.82. The fraction of sp³-hybridized carbons (Fsp3) is 0.278. The number of ether oxygens (including phenoxy) is 1. The lowest BCUT2D eigenvalue weighted by atomic mass is 10.1. The number of methoxy groups -OCH3 is 1. The minimum atomic E-state index is -0.0492. The first-order valence-electron chi connectivity index (χ1n) is 7.80. The fourth-order valence-corrected chi connectivity index (χ4v) is 2.74. The molecular formula is C18H20N4O2. The van der Waals surface area contributed by atoms with Crippen LogP contribution in [0.3, 0.4) is 0 Å². The van der Waals surface area contributed by atoms with Gasteiger partial charge >= 0.3 is 0 Å². The van der Waals surface area contributed by atoms with Crippen molar-refractivity contribution in [2.75, 3.05) is 12.4 Å². The summed E-state index contributed by atoms with van der Waals surface area (Å²) in [7, 11) is 3.56. The van der Waals surface area contributed by atoms with Crippen molar-refractivity contribution in [2.45, 2.75) is 20.3 Å². The number of benzene rings is 1. The predicted octanol–water partition coefficient (Wildman–Crippen LogP) is 3.30.